The van der Waals surface area contributed by atoms with Gasteiger partial charge in [0, 0.05) is 14.2 Å². The summed E-state index contributed by atoms with van der Waals surface area (Å²) >= 11 is 7.68. The summed E-state index contributed by atoms with van der Waals surface area (Å²) in [6.07, 6.45) is -4.96. The second kappa shape index (κ2) is 4.53. The highest BCUT2D eigenvalue weighted by atomic mass is 79.9. The molecule has 0 radical (unpaired) electrons. The lowest BCUT2D eigenvalue weighted by Gasteiger charge is -2.10. The SMILES string of the molecule is Cc1sc(C(Br)CC(F)(F)F)cc1Br. The molecule has 1 aromatic rings. The fourth-order valence-corrected chi connectivity index (χ4v) is 3.26. The third kappa shape index (κ3) is 3.55. The maximum absolute atomic E-state index is 12.1. The van der Waals surface area contributed by atoms with Crippen molar-refractivity contribution in [3.8, 4) is 0 Å². The average molecular weight is 352 g/mol. The third-order valence-corrected chi connectivity index (χ3v) is 4.97. The Balaban J connectivity index is 2.75. The van der Waals surface area contributed by atoms with Gasteiger partial charge in [-0.25, -0.2) is 0 Å². The highest BCUT2D eigenvalue weighted by Crippen LogP contribution is 2.40. The second-order valence-corrected chi connectivity index (χ2v) is 6.09. The molecule has 0 aliphatic heterocycles. The monoisotopic (exact) mass is 350 g/mol. The maximum Gasteiger partial charge on any atom is 0.390 e. The average Bonchev–Trinajstić information content (AvgIpc) is 2.28. The van der Waals surface area contributed by atoms with Crippen LogP contribution in [0.15, 0.2) is 10.5 Å². The number of hydrogen-bond acceptors (Lipinski definition) is 1. The van der Waals surface area contributed by atoms with Gasteiger partial charge in [-0.2, -0.15) is 13.2 Å². The first-order valence-electron chi connectivity index (χ1n) is 3.76. The van der Waals surface area contributed by atoms with E-state index in [0.29, 0.717) is 4.88 Å². The van der Waals surface area contributed by atoms with Gasteiger partial charge in [0.1, 0.15) is 0 Å². The summed E-state index contributed by atoms with van der Waals surface area (Å²) in [4.78, 5) is 1.05. The molecule has 0 nitrogen and oxygen atoms in total. The van der Waals surface area contributed by atoms with E-state index >= 15 is 0 Å². The largest absolute Gasteiger partial charge is 0.390 e. The summed E-state index contributed by atoms with van der Waals surface area (Å²) in [7, 11) is 0. The molecule has 0 aromatic carbocycles. The van der Waals surface area contributed by atoms with E-state index in [-0.39, 0.29) is 0 Å². The fraction of sp³-hybridized carbons (Fsp3) is 0.500. The van der Waals surface area contributed by atoms with Crippen LogP contribution in [0.5, 0.6) is 0 Å². The Morgan fingerprint density at radius 3 is 2.43 bits per heavy atom. The minimum absolute atomic E-state index is 0.641. The van der Waals surface area contributed by atoms with E-state index < -0.39 is 17.4 Å². The molecule has 1 aromatic heterocycles. The van der Waals surface area contributed by atoms with E-state index in [0.717, 1.165) is 9.35 Å². The molecule has 0 saturated carbocycles. The van der Waals surface area contributed by atoms with Crippen LogP contribution in [-0.2, 0) is 0 Å². The minimum Gasteiger partial charge on any atom is -0.171 e. The molecule has 14 heavy (non-hydrogen) atoms. The van der Waals surface area contributed by atoms with Gasteiger partial charge in [0.15, 0.2) is 0 Å². The van der Waals surface area contributed by atoms with Crippen molar-refractivity contribution in [1.82, 2.24) is 0 Å². The fourth-order valence-electron chi connectivity index (χ4n) is 0.940. The molecule has 1 rings (SSSR count). The van der Waals surface area contributed by atoms with Crippen molar-refractivity contribution in [2.24, 2.45) is 0 Å². The first-order valence-corrected chi connectivity index (χ1v) is 6.29. The lowest BCUT2D eigenvalue weighted by molar-refractivity contribution is -0.134. The van der Waals surface area contributed by atoms with Crippen molar-refractivity contribution in [2.75, 3.05) is 0 Å². The first kappa shape index (κ1) is 12.5. The molecule has 0 aliphatic rings. The summed E-state index contributed by atoms with van der Waals surface area (Å²) < 4.78 is 37.1. The van der Waals surface area contributed by atoms with E-state index in [1.807, 2.05) is 6.92 Å². The Hall–Kier alpha value is 0.450. The zero-order valence-electron chi connectivity index (χ0n) is 7.16. The first-order chi connectivity index (χ1) is 6.29. The molecule has 0 aliphatic carbocycles. The number of aryl methyl sites for hydroxylation is 1. The zero-order chi connectivity index (χ0) is 10.9. The summed E-state index contributed by atoms with van der Waals surface area (Å²) in [6.45, 7) is 1.87. The van der Waals surface area contributed by atoms with Crippen LogP contribution < -0.4 is 0 Å². The molecule has 0 amide bonds. The van der Waals surface area contributed by atoms with Crippen molar-refractivity contribution >= 4 is 43.2 Å². The van der Waals surface area contributed by atoms with Gasteiger partial charge in [0.2, 0.25) is 0 Å². The van der Waals surface area contributed by atoms with Crippen LogP contribution in [0, 0.1) is 6.92 Å². The van der Waals surface area contributed by atoms with Gasteiger partial charge in [-0.15, -0.1) is 11.3 Å². The van der Waals surface area contributed by atoms with E-state index in [2.05, 4.69) is 31.9 Å². The van der Waals surface area contributed by atoms with Crippen molar-refractivity contribution in [3.63, 3.8) is 0 Å². The Morgan fingerprint density at radius 2 is 2.07 bits per heavy atom. The van der Waals surface area contributed by atoms with Crippen molar-refractivity contribution < 1.29 is 13.2 Å². The minimum atomic E-state index is -4.13. The molecule has 0 bridgehead atoms. The molecular formula is C8H7Br2F3S. The van der Waals surface area contributed by atoms with E-state index in [9.17, 15) is 13.2 Å². The van der Waals surface area contributed by atoms with Crippen LogP contribution in [0.3, 0.4) is 0 Å². The van der Waals surface area contributed by atoms with Gasteiger partial charge >= 0.3 is 6.18 Å². The molecule has 0 saturated heterocycles. The van der Waals surface area contributed by atoms with Gasteiger partial charge < -0.3 is 0 Å². The van der Waals surface area contributed by atoms with Crippen LogP contribution in [0.2, 0.25) is 0 Å². The van der Waals surface area contributed by atoms with Gasteiger partial charge in [-0.1, -0.05) is 15.9 Å². The van der Waals surface area contributed by atoms with Crippen LogP contribution in [0.4, 0.5) is 13.2 Å². The third-order valence-electron chi connectivity index (χ3n) is 1.60. The molecule has 1 unspecified atom stereocenters. The van der Waals surface area contributed by atoms with Crippen LogP contribution in [0.1, 0.15) is 21.0 Å². The summed E-state index contributed by atoms with van der Waals surface area (Å²) in [5.74, 6) is 0. The molecule has 0 N–H and O–H groups in total. The Bertz CT molecular complexity index is 299. The van der Waals surface area contributed by atoms with Gasteiger partial charge in [-0.3, -0.25) is 0 Å². The molecule has 1 heterocycles. The van der Waals surface area contributed by atoms with E-state index in [1.54, 1.807) is 6.07 Å². The van der Waals surface area contributed by atoms with E-state index in [4.69, 9.17) is 0 Å². The summed E-state index contributed by atoms with van der Waals surface area (Å²) in [6, 6.07) is 1.73. The van der Waals surface area contributed by atoms with Crippen LogP contribution in [-0.4, -0.2) is 6.18 Å². The standard InChI is InChI=1S/C8H7Br2F3S/c1-4-5(9)2-7(14-4)6(10)3-8(11,12)13/h2,6H,3H2,1H3. The van der Waals surface area contributed by atoms with Crippen LogP contribution in [0.25, 0.3) is 0 Å². The number of halogens is 5. The highest BCUT2D eigenvalue weighted by molar-refractivity contribution is 9.10. The van der Waals surface area contributed by atoms with Crippen molar-refractivity contribution in [2.45, 2.75) is 24.3 Å². The highest BCUT2D eigenvalue weighted by Gasteiger charge is 2.32. The Morgan fingerprint density at radius 1 is 1.50 bits per heavy atom. The molecule has 80 valence electrons. The van der Waals surface area contributed by atoms with Crippen LogP contribution >= 0.6 is 43.2 Å². The lowest BCUT2D eigenvalue weighted by atomic mass is 10.2. The number of alkyl halides is 4. The second-order valence-electron chi connectivity index (χ2n) is 2.84. The summed E-state index contributed by atoms with van der Waals surface area (Å²) in [5.41, 5.74) is 0. The Kier molecular flexibility index (Phi) is 4.05. The summed E-state index contributed by atoms with van der Waals surface area (Å²) in [5, 5.41) is 0. The predicted octanol–water partition coefficient (Wildman–Crippen LogP) is 5.21. The molecule has 6 heteroatoms. The maximum atomic E-state index is 12.1. The predicted molar refractivity (Wildman–Crippen MR) is 59.1 cm³/mol. The van der Waals surface area contributed by atoms with Gasteiger partial charge in [-0.05, 0) is 28.9 Å². The number of rotatable bonds is 2. The normalized spacial score (nSPS) is 14.4. The van der Waals surface area contributed by atoms with Gasteiger partial charge in [0.05, 0.1) is 11.2 Å². The molecule has 0 spiro atoms. The smallest absolute Gasteiger partial charge is 0.171 e. The number of hydrogen-bond donors (Lipinski definition) is 0. The lowest BCUT2D eigenvalue weighted by Crippen LogP contribution is -2.09. The number of thiophene rings is 1. The Labute approximate surface area is 101 Å². The quantitative estimate of drug-likeness (QED) is 0.642. The van der Waals surface area contributed by atoms with Crippen molar-refractivity contribution in [3.05, 3.63) is 20.3 Å². The van der Waals surface area contributed by atoms with Gasteiger partial charge in [0.25, 0.3) is 0 Å². The zero-order valence-corrected chi connectivity index (χ0v) is 11.1. The molecule has 0 fully saturated rings. The molecule has 1 atom stereocenters. The topological polar surface area (TPSA) is 0 Å². The molecular weight excluding hydrogens is 345 g/mol. The van der Waals surface area contributed by atoms with Crippen molar-refractivity contribution in [1.29, 1.82) is 0 Å². The van der Waals surface area contributed by atoms with E-state index in [1.165, 1.54) is 11.3 Å².